The molecule has 0 atom stereocenters. The van der Waals surface area contributed by atoms with Crippen LogP contribution in [0.5, 0.6) is 0 Å². The predicted octanol–water partition coefficient (Wildman–Crippen LogP) is 8.80. The van der Waals surface area contributed by atoms with Crippen molar-refractivity contribution < 1.29 is 46.4 Å². The zero-order chi connectivity index (χ0) is 27.2. The Kier molecular flexibility index (Phi) is 9.78. The molecule has 0 unspecified atom stereocenters. The van der Waals surface area contributed by atoms with Crippen LogP contribution >= 0.6 is 0 Å². The summed E-state index contributed by atoms with van der Waals surface area (Å²) < 4.78 is 76.1. The second-order valence-corrected chi connectivity index (χ2v) is 7.96. The van der Waals surface area contributed by atoms with E-state index in [0.29, 0.717) is 6.07 Å². The van der Waals surface area contributed by atoms with Gasteiger partial charge in [0.25, 0.3) is 0 Å². The van der Waals surface area contributed by atoms with Crippen molar-refractivity contribution in [3.8, 4) is 33.6 Å². The molecule has 0 N–H and O–H groups in total. The van der Waals surface area contributed by atoms with Crippen molar-refractivity contribution in [3.05, 3.63) is 133 Å². The molecule has 1 radical (unpaired) electrons. The summed E-state index contributed by atoms with van der Waals surface area (Å²) in [6.45, 7) is 0. The molecule has 5 aromatic rings. The van der Waals surface area contributed by atoms with Gasteiger partial charge in [0.1, 0.15) is 0 Å². The summed E-state index contributed by atoms with van der Waals surface area (Å²) in [5.41, 5.74) is 0.956. The fourth-order valence-corrected chi connectivity index (χ4v) is 3.55. The van der Waals surface area contributed by atoms with Gasteiger partial charge in [0.15, 0.2) is 0 Å². The number of aromatic nitrogens is 2. The van der Waals surface area contributed by atoms with Gasteiger partial charge in [-0.3, -0.25) is 0 Å². The van der Waals surface area contributed by atoms with Crippen LogP contribution in [-0.4, -0.2) is 9.97 Å². The van der Waals surface area contributed by atoms with Crippen LogP contribution in [0.25, 0.3) is 33.6 Å². The maximum atomic E-state index is 12.9. The van der Waals surface area contributed by atoms with Crippen LogP contribution in [0.15, 0.2) is 109 Å². The second kappa shape index (κ2) is 12.8. The fraction of sp³-hybridized carbons (Fsp3) is 0.0667. The third-order valence-electron chi connectivity index (χ3n) is 5.35. The number of alkyl halides is 6. The van der Waals surface area contributed by atoms with E-state index in [1.807, 2.05) is 60.8 Å². The minimum absolute atomic E-state index is 0. The van der Waals surface area contributed by atoms with Crippen LogP contribution in [0.1, 0.15) is 11.1 Å². The van der Waals surface area contributed by atoms with E-state index in [-0.39, 0.29) is 31.9 Å². The van der Waals surface area contributed by atoms with Gasteiger partial charge in [0.05, 0.1) is 0 Å². The van der Waals surface area contributed by atoms with Crippen LogP contribution in [0.2, 0.25) is 0 Å². The Morgan fingerprint density at radius 1 is 0.590 bits per heavy atom. The predicted molar refractivity (Wildman–Crippen MR) is 132 cm³/mol. The Bertz CT molecular complexity index is 1420. The third kappa shape index (κ3) is 7.85. The number of pyridine rings is 2. The number of halogens is 6. The van der Waals surface area contributed by atoms with E-state index in [4.69, 9.17) is 0 Å². The van der Waals surface area contributed by atoms with Gasteiger partial charge in [-0.15, -0.1) is 59.7 Å². The summed E-state index contributed by atoms with van der Waals surface area (Å²) in [6, 6.07) is 32.3. The van der Waals surface area contributed by atoms with Gasteiger partial charge in [-0.25, -0.2) is 0 Å². The van der Waals surface area contributed by atoms with Crippen molar-refractivity contribution in [2.24, 2.45) is 0 Å². The van der Waals surface area contributed by atoms with E-state index in [2.05, 4.69) is 34.2 Å². The summed E-state index contributed by atoms with van der Waals surface area (Å²) in [5.74, 6) is 0. The molecule has 0 spiro atoms. The van der Waals surface area contributed by atoms with E-state index in [1.165, 1.54) is 35.5 Å². The van der Waals surface area contributed by atoms with Gasteiger partial charge in [0.2, 0.25) is 0 Å². The summed E-state index contributed by atoms with van der Waals surface area (Å²) in [4.78, 5) is 8.11. The number of nitrogens with zero attached hydrogens (tertiary/aromatic N) is 2. The molecule has 0 aliphatic heterocycles. The molecule has 39 heavy (non-hydrogen) atoms. The summed E-state index contributed by atoms with van der Waals surface area (Å²) >= 11 is 0. The number of rotatable bonds is 3. The van der Waals surface area contributed by atoms with Gasteiger partial charge in [-0.1, -0.05) is 48.5 Å². The Hall–Kier alpha value is -3.81. The Balaban J connectivity index is 0.000000211. The first-order chi connectivity index (χ1) is 18.1. The van der Waals surface area contributed by atoms with Gasteiger partial charge in [-0.05, 0) is 45.8 Å². The topological polar surface area (TPSA) is 25.8 Å². The normalized spacial score (nSPS) is 11.1. The van der Waals surface area contributed by atoms with Crippen LogP contribution < -0.4 is 0 Å². The van der Waals surface area contributed by atoms with Crippen molar-refractivity contribution >= 4 is 0 Å². The molecular weight excluding hydrogens is 695 g/mol. The molecule has 2 nitrogen and oxygen atoms in total. The average molecular weight is 713 g/mol. The molecule has 0 aliphatic carbocycles. The van der Waals surface area contributed by atoms with Crippen molar-refractivity contribution in [1.29, 1.82) is 0 Å². The molecule has 2 aromatic heterocycles. The van der Waals surface area contributed by atoms with Gasteiger partial charge < -0.3 is 9.97 Å². The zero-order valence-corrected chi connectivity index (χ0v) is 22.3. The van der Waals surface area contributed by atoms with Crippen molar-refractivity contribution in [3.63, 3.8) is 0 Å². The maximum Gasteiger partial charge on any atom is 0.381 e. The van der Waals surface area contributed by atoms with E-state index in [1.54, 1.807) is 0 Å². The average Bonchev–Trinajstić information content (AvgIpc) is 2.94. The minimum Gasteiger partial charge on any atom is -0.305 e. The molecule has 0 saturated heterocycles. The number of hydrogen-bond acceptors (Lipinski definition) is 2. The third-order valence-corrected chi connectivity index (χ3v) is 5.35. The number of hydrogen-bond donors (Lipinski definition) is 0. The Morgan fingerprint density at radius 3 is 1.90 bits per heavy atom. The molecule has 0 saturated carbocycles. The van der Waals surface area contributed by atoms with E-state index >= 15 is 0 Å². The summed E-state index contributed by atoms with van der Waals surface area (Å²) in [5, 5.41) is 0. The molecule has 2 heterocycles. The van der Waals surface area contributed by atoms with Crippen LogP contribution in [0, 0.1) is 12.1 Å². The molecular formula is C30H18F6IrN2-2. The van der Waals surface area contributed by atoms with Crippen molar-refractivity contribution in [2.45, 2.75) is 12.4 Å². The molecule has 5 rings (SSSR count). The number of benzene rings is 3. The zero-order valence-electron chi connectivity index (χ0n) is 19.9. The molecule has 0 amide bonds. The Labute approximate surface area is 234 Å². The van der Waals surface area contributed by atoms with Gasteiger partial charge in [0, 0.05) is 32.5 Å². The fourth-order valence-electron chi connectivity index (χ4n) is 3.55. The van der Waals surface area contributed by atoms with Crippen molar-refractivity contribution in [1.82, 2.24) is 9.97 Å². The molecule has 0 bridgehead atoms. The van der Waals surface area contributed by atoms with Crippen LogP contribution in [0.3, 0.4) is 0 Å². The van der Waals surface area contributed by atoms with Gasteiger partial charge in [-0.2, -0.15) is 26.3 Å². The van der Waals surface area contributed by atoms with E-state index in [0.717, 1.165) is 11.3 Å². The largest absolute Gasteiger partial charge is 0.381 e. The first kappa shape index (κ1) is 29.7. The molecule has 0 aliphatic rings. The second-order valence-electron chi connectivity index (χ2n) is 7.96. The molecule has 0 fully saturated rings. The smallest absolute Gasteiger partial charge is 0.305 e. The first-order valence-electron chi connectivity index (χ1n) is 11.2. The maximum absolute atomic E-state index is 12.9. The molecule has 9 heteroatoms. The minimum atomic E-state index is -4.93. The molecule has 3 aromatic carbocycles. The standard InChI is InChI=1S/C17H12N.C13H6F6N.Ir/c1-3-7-14(8-4-1)16-11-12-18-17(13-16)15-9-5-2-6-10-15;14-12(15,16)8-4-5-9(10(7-8)13(17,18)19)11-3-1-2-6-20-11;/h1-9,11-13H;1-4,6-7H;/q2*-1;. The van der Waals surface area contributed by atoms with Gasteiger partial charge >= 0.3 is 12.4 Å². The van der Waals surface area contributed by atoms with Crippen LogP contribution in [0.4, 0.5) is 26.3 Å². The van der Waals surface area contributed by atoms with E-state index in [9.17, 15) is 26.3 Å². The molecule has 201 valence electrons. The summed E-state index contributed by atoms with van der Waals surface area (Å²) in [6.07, 6.45) is -6.69. The quantitative estimate of drug-likeness (QED) is 0.138. The summed E-state index contributed by atoms with van der Waals surface area (Å²) in [7, 11) is 0. The first-order valence-corrected chi connectivity index (χ1v) is 11.2. The van der Waals surface area contributed by atoms with Crippen LogP contribution in [-0.2, 0) is 32.5 Å². The SMILES string of the molecule is FC(F)(F)c1c[c-]c(-c2ccccn2)c(C(F)(F)F)c1.[Ir].[c-]1ccccc1-c1cc(-c2ccccc2)ccn1. The monoisotopic (exact) mass is 713 g/mol. The Morgan fingerprint density at radius 2 is 1.28 bits per heavy atom. The van der Waals surface area contributed by atoms with E-state index < -0.39 is 29.0 Å². The van der Waals surface area contributed by atoms with Crippen molar-refractivity contribution in [2.75, 3.05) is 0 Å².